The molecule has 0 radical (unpaired) electrons. The summed E-state index contributed by atoms with van der Waals surface area (Å²) in [6, 6.07) is 7.90. The fourth-order valence-corrected chi connectivity index (χ4v) is 5.95. The molecule has 1 aromatic carbocycles. The van der Waals surface area contributed by atoms with Gasteiger partial charge in [0.2, 0.25) is 0 Å². The van der Waals surface area contributed by atoms with Crippen LogP contribution in [0.4, 0.5) is 0 Å². The summed E-state index contributed by atoms with van der Waals surface area (Å²) < 4.78 is 5.86. The van der Waals surface area contributed by atoms with Crippen LogP contribution >= 0.6 is 0 Å². The van der Waals surface area contributed by atoms with Crippen LogP contribution in [0.2, 0.25) is 0 Å². The minimum atomic E-state index is -0.0133. The first-order valence-electron chi connectivity index (χ1n) is 8.92. The number of carbonyl (C=O) groups excluding carboxylic acids is 1. The van der Waals surface area contributed by atoms with E-state index in [-0.39, 0.29) is 11.4 Å². The van der Waals surface area contributed by atoms with Crippen molar-refractivity contribution < 1.29 is 9.21 Å². The molecular formula is C20H23NO2. The smallest absolute Gasteiger partial charge is 0.287 e. The second kappa shape index (κ2) is 4.62. The van der Waals surface area contributed by atoms with E-state index in [0.717, 1.165) is 34.3 Å². The van der Waals surface area contributed by atoms with Crippen molar-refractivity contribution in [1.29, 1.82) is 0 Å². The number of benzene rings is 1. The lowest BCUT2D eigenvalue weighted by molar-refractivity contribution is -0.0171. The van der Waals surface area contributed by atoms with E-state index < -0.39 is 0 Å². The quantitative estimate of drug-likeness (QED) is 0.891. The van der Waals surface area contributed by atoms with Crippen molar-refractivity contribution in [3.8, 4) is 0 Å². The molecule has 0 spiro atoms. The number of rotatable bonds is 2. The van der Waals surface area contributed by atoms with Gasteiger partial charge in [0.05, 0.1) is 0 Å². The van der Waals surface area contributed by atoms with Gasteiger partial charge in [-0.2, -0.15) is 0 Å². The van der Waals surface area contributed by atoms with Gasteiger partial charge in [0, 0.05) is 16.5 Å². The minimum Gasteiger partial charge on any atom is -0.451 e. The molecule has 1 aromatic heterocycles. The molecule has 23 heavy (non-hydrogen) atoms. The molecule has 3 nitrogen and oxygen atoms in total. The van der Waals surface area contributed by atoms with E-state index in [1.807, 2.05) is 31.2 Å². The zero-order valence-corrected chi connectivity index (χ0v) is 13.6. The summed E-state index contributed by atoms with van der Waals surface area (Å²) in [4.78, 5) is 12.9. The summed E-state index contributed by atoms with van der Waals surface area (Å²) in [6.45, 7) is 1.99. The van der Waals surface area contributed by atoms with Crippen LogP contribution in [-0.4, -0.2) is 11.4 Å². The van der Waals surface area contributed by atoms with E-state index in [0.29, 0.717) is 5.76 Å². The summed E-state index contributed by atoms with van der Waals surface area (Å²) in [5, 5.41) is 4.45. The third-order valence-corrected chi connectivity index (χ3v) is 6.47. The highest BCUT2D eigenvalue weighted by Gasteiger charge is 2.51. The topological polar surface area (TPSA) is 42.2 Å². The van der Waals surface area contributed by atoms with Crippen molar-refractivity contribution in [2.45, 2.75) is 51.0 Å². The molecule has 4 aliphatic rings. The molecule has 1 N–H and O–H groups in total. The Labute approximate surface area is 136 Å². The highest BCUT2D eigenvalue weighted by molar-refractivity contribution is 5.99. The van der Waals surface area contributed by atoms with E-state index in [1.54, 1.807) is 0 Å². The SMILES string of the molecule is Cc1c(C(=O)NC23CC4CC(CC(C4)C2)C3)oc2ccccc12. The largest absolute Gasteiger partial charge is 0.451 e. The normalized spacial score (nSPS) is 34.9. The minimum absolute atomic E-state index is 0.0133. The summed E-state index contributed by atoms with van der Waals surface area (Å²) in [5.74, 6) is 2.98. The van der Waals surface area contributed by atoms with Crippen LogP contribution in [-0.2, 0) is 0 Å². The van der Waals surface area contributed by atoms with Gasteiger partial charge in [-0.15, -0.1) is 0 Å². The number of para-hydroxylation sites is 1. The molecule has 2 aromatic rings. The van der Waals surface area contributed by atoms with Crippen LogP contribution in [0.5, 0.6) is 0 Å². The molecule has 1 heterocycles. The maximum atomic E-state index is 12.9. The Hall–Kier alpha value is -1.77. The standard InChI is InChI=1S/C20H23NO2/c1-12-16-4-2-3-5-17(16)23-18(12)19(22)21-20-9-13-6-14(10-20)8-15(7-13)11-20/h2-5,13-15H,6-11H2,1H3,(H,21,22). The summed E-state index contributed by atoms with van der Waals surface area (Å²) in [7, 11) is 0. The van der Waals surface area contributed by atoms with Crippen molar-refractivity contribution in [3.05, 3.63) is 35.6 Å². The Morgan fingerprint density at radius 3 is 2.30 bits per heavy atom. The van der Waals surface area contributed by atoms with Crippen molar-refractivity contribution >= 4 is 16.9 Å². The molecule has 0 aliphatic heterocycles. The molecule has 4 bridgehead atoms. The number of carbonyl (C=O) groups is 1. The van der Waals surface area contributed by atoms with Gasteiger partial charge in [-0.25, -0.2) is 0 Å². The molecule has 0 saturated heterocycles. The van der Waals surface area contributed by atoms with E-state index in [4.69, 9.17) is 4.42 Å². The van der Waals surface area contributed by atoms with Gasteiger partial charge in [0.1, 0.15) is 5.58 Å². The van der Waals surface area contributed by atoms with Crippen molar-refractivity contribution in [2.24, 2.45) is 17.8 Å². The fraction of sp³-hybridized carbons (Fsp3) is 0.550. The second-order valence-electron chi connectivity index (χ2n) is 8.20. The molecule has 4 saturated carbocycles. The Bertz CT molecular complexity index is 753. The Balaban J connectivity index is 1.46. The predicted molar refractivity (Wildman–Crippen MR) is 89.3 cm³/mol. The molecule has 4 aliphatic carbocycles. The Morgan fingerprint density at radius 1 is 1.09 bits per heavy atom. The van der Waals surface area contributed by atoms with Gasteiger partial charge in [-0.05, 0) is 69.3 Å². The van der Waals surface area contributed by atoms with E-state index >= 15 is 0 Å². The lowest BCUT2D eigenvalue weighted by Gasteiger charge is -2.56. The van der Waals surface area contributed by atoms with Gasteiger partial charge in [0.25, 0.3) is 5.91 Å². The molecule has 1 amide bonds. The van der Waals surface area contributed by atoms with Gasteiger partial charge < -0.3 is 9.73 Å². The first-order chi connectivity index (χ1) is 11.1. The fourth-order valence-electron chi connectivity index (χ4n) is 5.95. The Morgan fingerprint density at radius 2 is 1.70 bits per heavy atom. The summed E-state index contributed by atoms with van der Waals surface area (Å²) in [5.41, 5.74) is 1.81. The van der Waals surface area contributed by atoms with Crippen molar-refractivity contribution in [3.63, 3.8) is 0 Å². The third kappa shape index (κ3) is 2.05. The monoisotopic (exact) mass is 309 g/mol. The van der Waals surface area contributed by atoms with Crippen LogP contribution in [0, 0.1) is 24.7 Å². The molecule has 0 atom stereocenters. The average Bonchev–Trinajstić information content (AvgIpc) is 2.83. The second-order valence-corrected chi connectivity index (χ2v) is 8.20. The number of fused-ring (bicyclic) bond motifs is 1. The molecule has 6 rings (SSSR count). The van der Waals surface area contributed by atoms with Crippen LogP contribution in [0.15, 0.2) is 28.7 Å². The summed E-state index contributed by atoms with van der Waals surface area (Å²) >= 11 is 0. The van der Waals surface area contributed by atoms with Crippen LogP contribution in [0.3, 0.4) is 0 Å². The zero-order chi connectivity index (χ0) is 15.6. The first-order valence-corrected chi connectivity index (χ1v) is 8.92. The predicted octanol–water partition coefficient (Wildman–Crippen LogP) is 4.44. The average molecular weight is 309 g/mol. The lowest BCUT2D eigenvalue weighted by Crippen LogP contribution is -2.59. The molecule has 120 valence electrons. The lowest BCUT2D eigenvalue weighted by atomic mass is 9.53. The summed E-state index contributed by atoms with van der Waals surface area (Å²) in [6.07, 6.45) is 7.68. The highest BCUT2D eigenvalue weighted by Crippen LogP contribution is 2.55. The van der Waals surface area contributed by atoms with Gasteiger partial charge in [-0.1, -0.05) is 18.2 Å². The molecule has 0 unspecified atom stereocenters. The van der Waals surface area contributed by atoms with Gasteiger partial charge >= 0.3 is 0 Å². The maximum Gasteiger partial charge on any atom is 0.287 e. The number of nitrogens with one attached hydrogen (secondary N) is 1. The molecular weight excluding hydrogens is 286 g/mol. The molecule has 3 heteroatoms. The first kappa shape index (κ1) is 13.6. The zero-order valence-electron chi connectivity index (χ0n) is 13.6. The number of furan rings is 1. The van der Waals surface area contributed by atoms with Gasteiger partial charge in [-0.3, -0.25) is 4.79 Å². The van der Waals surface area contributed by atoms with Crippen molar-refractivity contribution in [2.75, 3.05) is 0 Å². The number of hydrogen-bond acceptors (Lipinski definition) is 2. The number of hydrogen-bond donors (Lipinski definition) is 1. The third-order valence-electron chi connectivity index (χ3n) is 6.47. The van der Waals surface area contributed by atoms with E-state index in [9.17, 15) is 4.79 Å². The number of aryl methyl sites for hydroxylation is 1. The van der Waals surface area contributed by atoms with Crippen molar-refractivity contribution in [1.82, 2.24) is 5.32 Å². The van der Waals surface area contributed by atoms with Crippen LogP contribution in [0.1, 0.15) is 54.6 Å². The maximum absolute atomic E-state index is 12.9. The van der Waals surface area contributed by atoms with Gasteiger partial charge in [0.15, 0.2) is 5.76 Å². The number of amides is 1. The highest BCUT2D eigenvalue weighted by atomic mass is 16.3. The Kier molecular flexibility index (Phi) is 2.74. The van der Waals surface area contributed by atoms with Crippen LogP contribution < -0.4 is 5.32 Å². The van der Waals surface area contributed by atoms with E-state index in [2.05, 4.69) is 5.32 Å². The molecule has 4 fully saturated rings. The van der Waals surface area contributed by atoms with Crippen LogP contribution in [0.25, 0.3) is 11.0 Å². The van der Waals surface area contributed by atoms with E-state index in [1.165, 1.54) is 38.5 Å².